The largest absolute Gasteiger partial charge is 0.299 e. The molecule has 5 heteroatoms. The van der Waals surface area contributed by atoms with E-state index >= 15 is 0 Å². The Morgan fingerprint density at radius 2 is 1.48 bits per heavy atom. The molecular formula is C26H18ClNO3. The first-order chi connectivity index (χ1) is 15.0. The van der Waals surface area contributed by atoms with E-state index in [1.165, 1.54) is 11.8 Å². The first-order valence-corrected chi connectivity index (χ1v) is 10.7. The van der Waals surface area contributed by atoms with Crippen molar-refractivity contribution in [3.63, 3.8) is 0 Å². The topological polar surface area (TPSA) is 54.5 Å². The molecule has 0 radical (unpaired) electrons. The van der Waals surface area contributed by atoms with Crippen LogP contribution in [0.4, 0.5) is 5.69 Å². The molecular weight excluding hydrogens is 410 g/mol. The minimum atomic E-state index is -1.17. The molecule has 0 unspecified atom stereocenters. The molecule has 4 nitrogen and oxygen atoms in total. The second-order valence-electron chi connectivity index (χ2n) is 8.51. The van der Waals surface area contributed by atoms with Crippen molar-refractivity contribution >= 4 is 34.9 Å². The lowest BCUT2D eigenvalue weighted by molar-refractivity contribution is -0.132. The van der Waals surface area contributed by atoms with Crippen LogP contribution < -0.4 is 4.90 Å². The average molecular weight is 428 g/mol. The minimum absolute atomic E-state index is 0.116. The number of hydrogen-bond donors (Lipinski definition) is 0. The van der Waals surface area contributed by atoms with Crippen LogP contribution in [0.3, 0.4) is 0 Å². The third kappa shape index (κ3) is 2.08. The molecule has 4 aliphatic rings. The van der Waals surface area contributed by atoms with E-state index in [1.807, 2.05) is 48.5 Å². The van der Waals surface area contributed by atoms with E-state index in [0.717, 1.165) is 22.3 Å². The van der Waals surface area contributed by atoms with Gasteiger partial charge in [0.2, 0.25) is 11.8 Å². The van der Waals surface area contributed by atoms with Gasteiger partial charge in [0.15, 0.2) is 0 Å². The second kappa shape index (κ2) is 6.14. The molecule has 1 saturated heterocycles. The van der Waals surface area contributed by atoms with Crippen molar-refractivity contribution in [2.45, 2.75) is 18.3 Å². The summed E-state index contributed by atoms with van der Waals surface area (Å²) < 4.78 is 0. The van der Waals surface area contributed by atoms with Crippen LogP contribution in [0.1, 0.15) is 35.1 Å². The van der Waals surface area contributed by atoms with Gasteiger partial charge in [0.05, 0.1) is 22.9 Å². The van der Waals surface area contributed by atoms with Gasteiger partial charge in [-0.25, -0.2) is 4.90 Å². The lowest BCUT2D eigenvalue weighted by Crippen LogP contribution is -2.57. The molecule has 0 saturated carbocycles. The van der Waals surface area contributed by atoms with Crippen molar-refractivity contribution in [1.82, 2.24) is 0 Å². The number of ketones is 1. The van der Waals surface area contributed by atoms with Crippen LogP contribution in [0.2, 0.25) is 5.02 Å². The van der Waals surface area contributed by atoms with Crippen LogP contribution in [0, 0.1) is 11.8 Å². The highest BCUT2D eigenvalue weighted by Crippen LogP contribution is 2.64. The molecule has 152 valence electrons. The predicted molar refractivity (Wildman–Crippen MR) is 117 cm³/mol. The summed E-state index contributed by atoms with van der Waals surface area (Å²) in [6.07, 6.45) is 0. The predicted octanol–water partition coefficient (Wildman–Crippen LogP) is 4.48. The molecule has 0 N–H and O–H groups in total. The summed E-state index contributed by atoms with van der Waals surface area (Å²) in [7, 11) is 0. The fraction of sp³-hybridized carbons (Fsp3) is 0.192. The molecule has 7 rings (SSSR count). The zero-order chi connectivity index (χ0) is 21.5. The Kier molecular flexibility index (Phi) is 3.67. The number of Topliss-reactive ketones (excluding diaryl/α,β-unsaturated/α-hetero) is 1. The quantitative estimate of drug-likeness (QED) is 0.566. The highest BCUT2D eigenvalue weighted by Gasteiger charge is 2.69. The summed E-state index contributed by atoms with van der Waals surface area (Å²) >= 11 is 6.16. The van der Waals surface area contributed by atoms with Crippen molar-refractivity contribution in [2.24, 2.45) is 11.8 Å². The van der Waals surface area contributed by atoms with Crippen LogP contribution in [-0.2, 0) is 19.8 Å². The number of halogens is 1. The molecule has 2 bridgehead atoms. The van der Waals surface area contributed by atoms with E-state index in [2.05, 4.69) is 0 Å². The van der Waals surface area contributed by atoms with Gasteiger partial charge < -0.3 is 0 Å². The number of nitrogens with zero attached hydrogens (tertiary/aromatic N) is 1. The Balaban J connectivity index is 1.68. The lowest BCUT2D eigenvalue weighted by atomic mass is 9.46. The number of anilines is 1. The van der Waals surface area contributed by atoms with E-state index in [4.69, 9.17) is 11.6 Å². The Bertz CT molecular complexity index is 1270. The average Bonchev–Trinajstić information content (AvgIpc) is 3.04. The van der Waals surface area contributed by atoms with Gasteiger partial charge in [-0.1, -0.05) is 66.2 Å². The van der Waals surface area contributed by atoms with E-state index in [9.17, 15) is 14.4 Å². The number of amides is 2. The van der Waals surface area contributed by atoms with Crippen molar-refractivity contribution in [2.75, 3.05) is 4.90 Å². The number of benzene rings is 3. The van der Waals surface area contributed by atoms with E-state index in [1.54, 1.807) is 24.3 Å². The molecule has 2 amide bonds. The Morgan fingerprint density at radius 3 is 2.06 bits per heavy atom. The SMILES string of the molecule is CC(=O)C12c3ccccc3C(c3ccccc31)[C@@H]1C(=O)N(c3cccc(Cl)c3)C(=O)[C@H]12. The van der Waals surface area contributed by atoms with Gasteiger partial charge in [0.1, 0.15) is 5.78 Å². The van der Waals surface area contributed by atoms with Crippen molar-refractivity contribution in [3.05, 3.63) is 100 Å². The van der Waals surface area contributed by atoms with Gasteiger partial charge in [-0.05, 0) is 47.4 Å². The van der Waals surface area contributed by atoms with Gasteiger partial charge in [0, 0.05) is 10.9 Å². The lowest BCUT2D eigenvalue weighted by Gasteiger charge is -2.52. The molecule has 1 fully saturated rings. The van der Waals surface area contributed by atoms with Gasteiger partial charge in [-0.3, -0.25) is 14.4 Å². The van der Waals surface area contributed by atoms with Crippen molar-refractivity contribution in [1.29, 1.82) is 0 Å². The second-order valence-corrected chi connectivity index (χ2v) is 8.95. The third-order valence-electron chi connectivity index (χ3n) is 7.24. The zero-order valence-electron chi connectivity index (χ0n) is 16.7. The Morgan fingerprint density at radius 1 is 0.871 bits per heavy atom. The summed E-state index contributed by atoms with van der Waals surface area (Å²) in [5, 5.41) is 0.448. The Hall–Kier alpha value is -3.24. The zero-order valence-corrected chi connectivity index (χ0v) is 17.5. The minimum Gasteiger partial charge on any atom is -0.299 e. The summed E-state index contributed by atoms with van der Waals surface area (Å²) in [5.41, 5.74) is 2.90. The van der Waals surface area contributed by atoms with E-state index in [0.29, 0.717) is 10.7 Å². The normalized spacial score (nSPS) is 27.7. The first kappa shape index (κ1) is 18.5. The van der Waals surface area contributed by atoms with Gasteiger partial charge in [0.25, 0.3) is 0 Å². The Labute approximate surface area is 184 Å². The van der Waals surface area contributed by atoms with Crippen LogP contribution in [0.15, 0.2) is 72.8 Å². The maximum absolute atomic E-state index is 13.9. The monoisotopic (exact) mass is 427 g/mol. The highest BCUT2D eigenvalue weighted by atomic mass is 35.5. The van der Waals surface area contributed by atoms with E-state index < -0.39 is 17.3 Å². The number of hydrogen-bond acceptors (Lipinski definition) is 3. The van der Waals surface area contributed by atoms with Crippen molar-refractivity contribution < 1.29 is 14.4 Å². The summed E-state index contributed by atoms with van der Waals surface area (Å²) in [6.45, 7) is 1.54. The van der Waals surface area contributed by atoms with Gasteiger partial charge in [-0.15, -0.1) is 0 Å². The number of imide groups is 1. The fourth-order valence-electron chi connectivity index (χ4n) is 6.24. The fourth-order valence-corrected chi connectivity index (χ4v) is 6.42. The van der Waals surface area contributed by atoms with Crippen LogP contribution in [0.25, 0.3) is 0 Å². The van der Waals surface area contributed by atoms with Crippen molar-refractivity contribution in [3.8, 4) is 0 Å². The van der Waals surface area contributed by atoms with Gasteiger partial charge in [-0.2, -0.15) is 0 Å². The maximum Gasteiger partial charge on any atom is 0.239 e. The number of rotatable bonds is 2. The van der Waals surface area contributed by atoms with Gasteiger partial charge >= 0.3 is 0 Å². The molecule has 0 spiro atoms. The smallest absolute Gasteiger partial charge is 0.239 e. The highest BCUT2D eigenvalue weighted by molar-refractivity contribution is 6.31. The van der Waals surface area contributed by atoms with E-state index in [-0.39, 0.29) is 23.5 Å². The molecule has 2 atom stereocenters. The number of carbonyl (C=O) groups excluding carboxylic acids is 3. The molecule has 0 aromatic heterocycles. The maximum atomic E-state index is 13.9. The molecule has 1 aliphatic heterocycles. The molecule has 3 aromatic carbocycles. The van der Waals surface area contributed by atoms with Crippen LogP contribution in [0.5, 0.6) is 0 Å². The van der Waals surface area contributed by atoms with Crippen LogP contribution >= 0.6 is 11.6 Å². The molecule has 3 aromatic rings. The summed E-state index contributed by atoms with van der Waals surface area (Å²) in [5.74, 6) is -2.38. The molecule has 3 aliphatic carbocycles. The first-order valence-electron chi connectivity index (χ1n) is 10.3. The standard InChI is InChI=1S/C26H18ClNO3/c1-14(29)26-19-11-4-2-9-17(19)21(18-10-3-5-12-20(18)26)22-23(26)25(31)28(24(22)30)16-8-6-7-15(27)13-16/h2-13,21-23H,1H3/t21?,22-,23-,26?/m0/s1. The summed E-state index contributed by atoms with van der Waals surface area (Å²) in [6, 6.07) is 22.3. The van der Waals surface area contributed by atoms with Crippen LogP contribution in [-0.4, -0.2) is 17.6 Å². The number of carbonyl (C=O) groups is 3. The summed E-state index contributed by atoms with van der Waals surface area (Å²) in [4.78, 5) is 42.4. The molecule has 1 heterocycles. The third-order valence-corrected chi connectivity index (χ3v) is 7.47. The molecule has 31 heavy (non-hydrogen) atoms.